The van der Waals surface area contributed by atoms with E-state index >= 15 is 0 Å². The number of hydrogen-bond donors (Lipinski definition) is 1. The predicted molar refractivity (Wildman–Crippen MR) is 72.8 cm³/mol. The third-order valence-electron chi connectivity index (χ3n) is 3.88. The van der Waals surface area contributed by atoms with Crippen molar-refractivity contribution in [3.63, 3.8) is 0 Å². The third-order valence-corrected chi connectivity index (χ3v) is 3.88. The summed E-state index contributed by atoms with van der Waals surface area (Å²) in [5, 5.41) is 8.84. The largest absolute Gasteiger partial charge is 0.328 e. The minimum Gasteiger partial charge on any atom is -0.328 e. The number of likely N-dealkylation sites (tertiary alicyclic amines) is 1. The van der Waals surface area contributed by atoms with Crippen LogP contribution < -0.4 is 5.73 Å². The Morgan fingerprint density at radius 2 is 2.37 bits per heavy atom. The fourth-order valence-electron chi connectivity index (χ4n) is 2.69. The summed E-state index contributed by atoms with van der Waals surface area (Å²) in [6, 6.07) is 7.07. The summed E-state index contributed by atoms with van der Waals surface area (Å²) in [5.41, 5.74) is 6.68. The molecule has 0 aliphatic carbocycles. The standard InChI is InChI=1S/C15H20FN3/c1-11(18)13-6-3-7-19(9-13)10-14-5-2-4-12(8-17)15(14)16/h2,4-5,11,13H,3,6-7,9-10,18H2,1H3. The van der Waals surface area contributed by atoms with E-state index in [1.54, 1.807) is 12.1 Å². The van der Waals surface area contributed by atoms with Gasteiger partial charge in [0.05, 0.1) is 5.56 Å². The molecule has 3 nitrogen and oxygen atoms in total. The predicted octanol–water partition coefficient (Wildman–Crippen LogP) is 2.26. The summed E-state index contributed by atoms with van der Waals surface area (Å²) in [6.07, 6.45) is 2.25. The summed E-state index contributed by atoms with van der Waals surface area (Å²) in [4.78, 5) is 2.23. The Kier molecular flexibility index (Phi) is 4.52. The summed E-state index contributed by atoms with van der Waals surface area (Å²) < 4.78 is 14.0. The number of piperidine rings is 1. The molecule has 2 N–H and O–H groups in total. The molecule has 19 heavy (non-hydrogen) atoms. The molecule has 1 aliphatic heterocycles. The Labute approximate surface area is 113 Å². The summed E-state index contributed by atoms with van der Waals surface area (Å²) in [6.45, 7) is 4.48. The minimum atomic E-state index is -0.382. The first-order valence-electron chi connectivity index (χ1n) is 6.77. The lowest BCUT2D eigenvalue weighted by Crippen LogP contribution is -2.42. The van der Waals surface area contributed by atoms with Crippen molar-refractivity contribution in [1.82, 2.24) is 4.90 Å². The maximum Gasteiger partial charge on any atom is 0.145 e. The summed E-state index contributed by atoms with van der Waals surface area (Å²) in [5.74, 6) is 0.101. The highest BCUT2D eigenvalue weighted by Crippen LogP contribution is 2.22. The van der Waals surface area contributed by atoms with E-state index in [2.05, 4.69) is 4.90 Å². The summed E-state index contributed by atoms with van der Waals surface area (Å²) >= 11 is 0. The first kappa shape index (κ1) is 14.0. The molecule has 0 radical (unpaired) electrons. The zero-order chi connectivity index (χ0) is 13.8. The summed E-state index contributed by atoms with van der Waals surface area (Å²) in [7, 11) is 0. The molecule has 2 atom stereocenters. The van der Waals surface area contributed by atoms with Crippen LogP contribution >= 0.6 is 0 Å². The molecule has 0 bridgehead atoms. The van der Waals surface area contributed by atoms with Gasteiger partial charge in [-0.25, -0.2) is 4.39 Å². The molecular formula is C15H20FN3. The number of benzene rings is 1. The molecule has 1 fully saturated rings. The fraction of sp³-hybridized carbons (Fsp3) is 0.533. The lowest BCUT2D eigenvalue weighted by Gasteiger charge is -2.34. The molecule has 1 saturated heterocycles. The highest BCUT2D eigenvalue weighted by molar-refractivity contribution is 5.34. The van der Waals surface area contributed by atoms with Crippen LogP contribution in [0.2, 0.25) is 0 Å². The molecule has 0 saturated carbocycles. The van der Waals surface area contributed by atoms with Gasteiger partial charge in [0.2, 0.25) is 0 Å². The normalized spacial score (nSPS) is 21.9. The molecule has 2 unspecified atom stereocenters. The van der Waals surface area contributed by atoms with Crippen LogP contribution in [0.3, 0.4) is 0 Å². The van der Waals surface area contributed by atoms with Crippen molar-refractivity contribution in [1.29, 1.82) is 5.26 Å². The van der Waals surface area contributed by atoms with Gasteiger partial charge in [0.1, 0.15) is 11.9 Å². The number of nitriles is 1. The lowest BCUT2D eigenvalue weighted by atomic mass is 9.92. The minimum absolute atomic E-state index is 0.123. The van der Waals surface area contributed by atoms with Crippen LogP contribution in [0.5, 0.6) is 0 Å². The molecule has 4 heteroatoms. The zero-order valence-electron chi connectivity index (χ0n) is 11.3. The van der Waals surface area contributed by atoms with Gasteiger partial charge in [-0.15, -0.1) is 0 Å². The molecule has 0 spiro atoms. The number of nitrogens with two attached hydrogens (primary N) is 1. The Hall–Kier alpha value is -1.44. The van der Waals surface area contributed by atoms with Crippen molar-refractivity contribution >= 4 is 0 Å². The van der Waals surface area contributed by atoms with E-state index in [0.29, 0.717) is 18.0 Å². The second-order valence-electron chi connectivity index (χ2n) is 5.39. The van der Waals surface area contributed by atoms with Crippen LogP contribution in [0.1, 0.15) is 30.9 Å². The van der Waals surface area contributed by atoms with Gasteiger partial charge in [0.25, 0.3) is 0 Å². The van der Waals surface area contributed by atoms with Gasteiger partial charge in [-0.2, -0.15) is 5.26 Å². The molecule has 1 heterocycles. The van der Waals surface area contributed by atoms with E-state index in [1.165, 1.54) is 6.07 Å². The molecule has 102 valence electrons. The quantitative estimate of drug-likeness (QED) is 0.908. The topological polar surface area (TPSA) is 53.0 Å². The Morgan fingerprint density at radius 1 is 1.58 bits per heavy atom. The Balaban J connectivity index is 2.07. The average molecular weight is 261 g/mol. The maximum absolute atomic E-state index is 14.0. The molecular weight excluding hydrogens is 241 g/mol. The van der Waals surface area contributed by atoms with Gasteiger partial charge in [0.15, 0.2) is 0 Å². The SMILES string of the molecule is CC(N)C1CCCN(Cc2cccc(C#N)c2F)C1. The highest BCUT2D eigenvalue weighted by atomic mass is 19.1. The Morgan fingerprint density at radius 3 is 3.05 bits per heavy atom. The monoisotopic (exact) mass is 261 g/mol. The number of halogens is 1. The van der Waals surface area contributed by atoms with E-state index in [1.807, 2.05) is 13.0 Å². The Bertz CT molecular complexity index is 479. The molecule has 0 aromatic heterocycles. The van der Waals surface area contributed by atoms with E-state index in [9.17, 15) is 4.39 Å². The van der Waals surface area contributed by atoms with Crippen molar-refractivity contribution in [2.24, 2.45) is 11.7 Å². The van der Waals surface area contributed by atoms with Crippen LogP contribution in [0.15, 0.2) is 18.2 Å². The van der Waals surface area contributed by atoms with Crippen molar-refractivity contribution in [2.75, 3.05) is 13.1 Å². The van der Waals surface area contributed by atoms with Crippen molar-refractivity contribution in [2.45, 2.75) is 32.4 Å². The molecule has 2 rings (SSSR count). The first-order chi connectivity index (χ1) is 9.11. The van der Waals surface area contributed by atoms with Gasteiger partial charge in [-0.1, -0.05) is 12.1 Å². The van der Waals surface area contributed by atoms with Crippen LogP contribution in [0, 0.1) is 23.1 Å². The molecule has 1 aliphatic rings. The van der Waals surface area contributed by atoms with E-state index in [-0.39, 0.29) is 17.4 Å². The first-order valence-corrected chi connectivity index (χ1v) is 6.77. The van der Waals surface area contributed by atoms with E-state index in [4.69, 9.17) is 11.0 Å². The van der Waals surface area contributed by atoms with Crippen molar-refractivity contribution in [3.8, 4) is 6.07 Å². The highest BCUT2D eigenvalue weighted by Gasteiger charge is 2.23. The number of hydrogen-bond acceptors (Lipinski definition) is 3. The zero-order valence-corrected chi connectivity index (χ0v) is 11.3. The second-order valence-corrected chi connectivity index (χ2v) is 5.39. The maximum atomic E-state index is 14.0. The van der Waals surface area contributed by atoms with Gasteiger partial charge >= 0.3 is 0 Å². The van der Waals surface area contributed by atoms with Crippen molar-refractivity contribution < 1.29 is 4.39 Å². The van der Waals surface area contributed by atoms with Gasteiger partial charge in [-0.05, 0) is 38.3 Å². The van der Waals surface area contributed by atoms with Crippen LogP contribution in [-0.4, -0.2) is 24.0 Å². The van der Waals surface area contributed by atoms with E-state index < -0.39 is 0 Å². The molecule has 0 amide bonds. The smallest absolute Gasteiger partial charge is 0.145 e. The van der Waals surface area contributed by atoms with Crippen molar-refractivity contribution in [3.05, 3.63) is 35.1 Å². The van der Waals surface area contributed by atoms with Crippen LogP contribution in [0.25, 0.3) is 0 Å². The van der Waals surface area contributed by atoms with Gasteiger partial charge < -0.3 is 5.73 Å². The third kappa shape index (κ3) is 3.31. The second kappa shape index (κ2) is 6.14. The van der Waals surface area contributed by atoms with Crippen LogP contribution in [-0.2, 0) is 6.54 Å². The van der Waals surface area contributed by atoms with Gasteiger partial charge in [0, 0.05) is 24.7 Å². The molecule has 1 aromatic carbocycles. The van der Waals surface area contributed by atoms with Crippen LogP contribution in [0.4, 0.5) is 4.39 Å². The number of rotatable bonds is 3. The lowest BCUT2D eigenvalue weighted by molar-refractivity contribution is 0.153. The molecule has 1 aromatic rings. The number of nitrogens with zero attached hydrogens (tertiary/aromatic N) is 2. The average Bonchev–Trinajstić information content (AvgIpc) is 2.41. The van der Waals surface area contributed by atoms with E-state index in [0.717, 1.165) is 25.9 Å². The van der Waals surface area contributed by atoms with Gasteiger partial charge in [-0.3, -0.25) is 4.90 Å². The fourth-order valence-corrected chi connectivity index (χ4v) is 2.69.